The first-order chi connectivity index (χ1) is 13.8. The molecule has 0 aromatic heterocycles. The molecule has 0 spiro atoms. The molecule has 1 atom stereocenters. The van der Waals surface area contributed by atoms with Crippen LogP contribution in [0, 0.1) is 5.92 Å². The third kappa shape index (κ3) is 13.1. The van der Waals surface area contributed by atoms with Gasteiger partial charge >= 0.3 is 0 Å². The van der Waals surface area contributed by atoms with Crippen LogP contribution in [0.2, 0.25) is 0 Å². The van der Waals surface area contributed by atoms with E-state index in [2.05, 4.69) is 17.6 Å². The number of carbonyl (C=O) groups is 3. The van der Waals surface area contributed by atoms with Crippen molar-refractivity contribution >= 4 is 18.2 Å². The van der Waals surface area contributed by atoms with E-state index in [1.54, 1.807) is 18.9 Å². The average Bonchev–Trinajstić information content (AvgIpc) is 2.70. The fourth-order valence-corrected chi connectivity index (χ4v) is 3.28. The van der Waals surface area contributed by atoms with Gasteiger partial charge in [-0.15, -0.1) is 0 Å². The van der Waals surface area contributed by atoms with Gasteiger partial charge in [0.05, 0.1) is 12.6 Å². The molecule has 0 aliphatic rings. The molecule has 0 bridgehead atoms. The monoisotopic (exact) mass is 409 g/mol. The van der Waals surface area contributed by atoms with E-state index in [0.29, 0.717) is 18.5 Å². The Bertz CT molecular complexity index is 504. The van der Waals surface area contributed by atoms with Gasteiger partial charge < -0.3 is 15.5 Å². The summed E-state index contributed by atoms with van der Waals surface area (Å²) in [6, 6.07) is -0.200. The first-order valence-electron chi connectivity index (χ1n) is 11.2. The third-order valence-corrected chi connectivity index (χ3v) is 5.21. The van der Waals surface area contributed by atoms with Gasteiger partial charge in [-0.2, -0.15) is 0 Å². The van der Waals surface area contributed by atoms with Crippen LogP contribution in [-0.2, 0) is 14.4 Å². The summed E-state index contributed by atoms with van der Waals surface area (Å²) in [6.45, 7) is 8.67. The van der Waals surface area contributed by atoms with Crippen molar-refractivity contribution < 1.29 is 14.4 Å². The Kier molecular flexibility index (Phi) is 16.0. The maximum absolute atomic E-state index is 12.4. The number of amides is 3. The zero-order chi connectivity index (χ0) is 22.1. The molecular weight excluding hydrogens is 366 g/mol. The van der Waals surface area contributed by atoms with Crippen LogP contribution in [0.25, 0.3) is 0 Å². The Morgan fingerprint density at radius 2 is 1.52 bits per heavy atom. The predicted octanol–water partition coefficient (Wildman–Crippen LogP) is 3.81. The van der Waals surface area contributed by atoms with Gasteiger partial charge in [-0.05, 0) is 19.3 Å². The zero-order valence-corrected chi connectivity index (χ0v) is 19.3. The summed E-state index contributed by atoms with van der Waals surface area (Å²) < 4.78 is 0. The second-order valence-electron chi connectivity index (χ2n) is 8.17. The minimum Gasteiger partial charge on any atom is -0.352 e. The Hall–Kier alpha value is -1.85. The van der Waals surface area contributed by atoms with Gasteiger partial charge in [0.25, 0.3) is 0 Å². The third-order valence-electron chi connectivity index (χ3n) is 5.21. The Balaban J connectivity index is 4.27. The summed E-state index contributed by atoms with van der Waals surface area (Å²) >= 11 is 0. The van der Waals surface area contributed by atoms with E-state index in [-0.39, 0.29) is 30.3 Å². The lowest BCUT2D eigenvalue weighted by Gasteiger charge is -2.29. The van der Waals surface area contributed by atoms with Crippen LogP contribution in [0.5, 0.6) is 0 Å². The molecule has 0 radical (unpaired) electrons. The molecule has 0 unspecified atom stereocenters. The molecule has 0 aliphatic heterocycles. The summed E-state index contributed by atoms with van der Waals surface area (Å²) in [5.41, 5.74) is 0.614. The lowest BCUT2D eigenvalue weighted by Crippen LogP contribution is -2.43. The second-order valence-corrected chi connectivity index (χ2v) is 8.17. The first-order valence-corrected chi connectivity index (χ1v) is 11.2. The maximum Gasteiger partial charge on any atom is 0.246 e. The molecule has 29 heavy (non-hydrogen) atoms. The molecule has 2 N–H and O–H groups in total. The molecule has 0 aromatic rings. The average molecular weight is 410 g/mol. The normalized spacial score (nSPS) is 12.6. The number of nitrogens with one attached hydrogen (secondary N) is 2. The molecule has 0 aromatic carbocycles. The predicted molar refractivity (Wildman–Crippen MR) is 119 cm³/mol. The van der Waals surface area contributed by atoms with Crippen LogP contribution in [0.3, 0.4) is 0 Å². The SMILES string of the molecule is CCCCCCCCCCCNC(=O)/C(C)=C/[C@H](C(C)C)N(C)C(=O)CNC=O. The zero-order valence-electron chi connectivity index (χ0n) is 19.3. The molecule has 0 heterocycles. The van der Waals surface area contributed by atoms with E-state index in [1.165, 1.54) is 44.9 Å². The number of unbranched alkanes of at least 4 members (excludes halogenated alkanes) is 8. The molecular formula is C23H43N3O3. The van der Waals surface area contributed by atoms with Gasteiger partial charge in [0.1, 0.15) is 0 Å². The van der Waals surface area contributed by atoms with Crippen LogP contribution < -0.4 is 10.6 Å². The van der Waals surface area contributed by atoms with Crippen molar-refractivity contribution in [3.8, 4) is 0 Å². The summed E-state index contributed by atoms with van der Waals surface area (Å²) in [4.78, 5) is 36.5. The van der Waals surface area contributed by atoms with E-state index in [9.17, 15) is 14.4 Å². The minimum atomic E-state index is -0.200. The van der Waals surface area contributed by atoms with Crippen molar-refractivity contribution in [1.82, 2.24) is 15.5 Å². The molecule has 0 aliphatic carbocycles. The molecule has 3 amide bonds. The standard InChI is InChI=1S/C23H43N3O3/c1-6-7-8-9-10-11-12-13-14-15-25-23(29)20(4)16-21(19(2)3)26(5)22(28)17-24-18-27/h16,18-19,21H,6-15,17H2,1-5H3,(H,24,27)(H,25,29)/b20-16+/t21-/m1/s1. The quantitative estimate of drug-likeness (QED) is 0.218. The highest BCUT2D eigenvalue weighted by Crippen LogP contribution is 2.14. The molecule has 6 heteroatoms. The fourth-order valence-electron chi connectivity index (χ4n) is 3.28. The highest BCUT2D eigenvalue weighted by atomic mass is 16.2. The number of carbonyl (C=O) groups excluding carboxylic acids is 3. The highest BCUT2D eigenvalue weighted by Gasteiger charge is 2.22. The van der Waals surface area contributed by atoms with Gasteiger partial charge in [0.2, 0.25) is 18.2 Å². The van der Waals surface area contributed by atoms with Gasteiger partial charge in [-0.3, -0.25) is 14.4 Å². The van der Waals surface area contributed by atoms with Gasteiger partial charge in [-0.1, -0.05) is 78.2 Å². The van der Waals surface area contributed by atoms with E-state index >= 15 is 0 Å². The van der Waals surface area contributed by atoms with Crippen LogP contribution in [0.15, 0.2) is 11.6 Å². The highest BCUT2D eigenvalue weighted by molar-refractivity contribution is 5.93. The Morgan fingerprint density at radius 3 is 2.03 bits per heavy atom. The van der Waals surface area contributed by atoms with Crippen molar-refractivity contribution in [2.45, 2.75) is 91.5 Å². The van der Waals surface area contributed by atoms with Crippen LogP contribution in [0.1, 0.15) is 85.5 Å². The minimum absolute atomic E-state index is 0.0408. The van der Waals surface area contributed by atoms with Gasteiger partial charge in [0, 0.05) is 19.2 Å². The smallest absolute Gasteiger partial charge is 0.246 e. The molecule has 168 valence electrons. The molecule has 0 saturated heterocycles. The second kappa shape index (κ2) is 17.0. The maximum atomic E-state index is 12.4. The molecule has 0 fully saturated rings. The number of rotatable bonds is 17. The Morgan fingerprint density at radius 1 is 0.966 bits per heavy atom. The van der Waals surface area contributed by atoms with Crippen LogP contribution in [-0.4, -0.2) is 49.3 Å². The molecule has 6 nitrogen and oxygen atoms in total. The van der Waals surface area contributed by atoms with Gasteiger partial charge in [0.15, 0.2) is 0 Å². The Labute approximate surface area is 177 Å². The van der Waals surface area contributed by atoms with Crippen LogP contribution >= 0.6 is 0 Å². The number of hydrogen-bond acceptors (Lipinski definition) is 3. The topological polar surface area (TPSA) is 78.5 Å². The van der Waals surface area contributed by atoms with E-state index in [1.807, 2.05) is 19.9 Å². The lowest BCUT2D eigenvalue weighted by molar-refractivity contribution is -0.132. The summed E-state index contributed by atoms with van der Waals surface area (Å²) in [6.07, 6.45) is 13.7. The lowest BCUT2D eigenvalue weighted by atomic mass is 9.99. The van der Waals surface area contributed by atoms with E-state index in [0.717, 1.165) is 12.8 Å². The van der Waals surface area contributed by atoms with Crippen molar-refractivity contribution in [3.05, 3.63) is 11.6 Å². The number of hydrogen-bond donors (Lipinski definition) is 2. The van der Waals surface area contributed by atoms with Gasteiger partial charge in [-0.25, -0.2) is 0 Å². The molecule has 0 saturated carbocycles. The van der Waals surface area contributed by atoms with Crippen LogP contribution in [0.4, 0.5) is 0 Å². The molecule has 0 rings (SSSR count). The summed E-state index contributed by atoms with van der Waals surface area (Å²) in [7, 11) is 1.70. The van der Waals surface area contributed by atoms with Crippen molar-refractivity contribution in [1.29, 1.82) is 0 Å². The van der Waals surface area contributed by atoms with Crippen molar-refractivity contribution in [2.75, 3.05) is 20.1 Å². The first kappa shape index (κ1) is 27.1. The number of likely N-dealkylation sites (N-methyl/N-ethyl adjacent to an activating group) is 1. The number of nitrogens with zero attached hydrogens (tertiary/aromatic N) is 1. The fraction of sp³-hybridized carbons (Fsp3) is 0.783. The van der Waals surface area contributed by atoms with E-state index in [4.69, 9.17) is 0 Å². The van der Waals surface area contributed by atoms with Crippen molar-refractivity contribution in [3.63, 3.8) is 0 Å². The summed E-state index contributed by atoms with van der Waals surface area (Å²) in [5.74, 6) is -0.114. The van der Waals surface area contributed by atoms with Crippen molar-refractivity contribution in [2.24, 2.45) is 5.92 Å². The largest absolute Gasteiger partial charge is 0.352 e. The summed E-state index contributed by atoms with van der Waals surface area (Å²) in [5, 5.41) is 5.37. The van der Waals surface area contributed by atoms with E-state index < -0.39 is 0 Å².